The van der Waals surface area contributed by atoms with Crippen LogP contribution in [0.2, 0.25) is 5.02 Å². The lowest BCUT2D eigenvalue weighted by molar-refractivity contribution is -0.959. The number of rotatable bonds is 6. The van der Waals surface area contributed by atoms with Gasteiger partial charge in [-0.15, -0.1) is 0 Å². The maximum Gasteiger partial charge on any atom is 0.282 e. The van der Waals surface area contributed by atoms with Crippen LogP contribution in [0, 0.1) is 13.8 Å². The van der Waals surface area contributed by atoms with Crippen molar-refractivity contribution in [2.45, 2.75) is 59.0 Å². The van der Waals surface area contributed by atoms with Gasteiger partial charge < -0.3 is 9.80 Å². The number of piperidine rings is 1. The van der Waals surface area contributed by atoms with E-state index in [1.54, 1.807) is 0 Å². The molecule has 1 amide bonds. The SMILES string of the molecule is CCC(C(=O)Nc1c(C)cccc1C)[N+]1(Cc2ccccc2Cl)CCCCC1. The highest BCUT2D eigenvalue weighted by atomic mass is 35.5. The van der Waals surface area contributed by atoms with Gasteiger partial charge in [0.1, 0.15) is 6.54 Å². The summed E-state index contributed by atoms with van der Waals surface area (Å²) in [5.74, 6) is 0.133. The number of carbonyl (C=O) groups is 1. The molecule has 3 rings (SSSR count). The van der Waals surface area contributed by atoms with Gasteiger partial charge in [-0.2, -0.15) is 0 Å². The molecule has 1 saturated heterocycles. The first-order chi connectivity index (χ1) is 13.5. The molecular weight excluding hydrogens is 368 g/mol. The van der Waals surface area contributed by atoms with E-state index in [2.05, 4.69) is 44.3 Å². The van der Waals surface area contributed by atoms with Gasteiger partial charge in [0.2, 0.25) is 0 Å². The monoisotopic (exact) mass is 399 g/mol. The Bertz CT molecular complexity index is 807. The first-order valence-electron chi connectivity index (χ1n) is 10.4. The highest BCUT2D eigenvalue weighted by Crippen LogP contribution is 2.31. The molecule has 4 heteroatoms. The van der Waals surface area contributed by atoms with Crippen molar-refractivity contribution in [2.75, 3.05) is 18.4 Å². The zero-order valence-corrected chi connectivity index (χ0v) is 18.1. The van der Waals surface area contributed by atoms with Crippen LogP contribution in [0.1, 0.15) is 49.3 Å². The van der Waals surface area contributed by atoms with Crippen LogP contribution in [0.3, 0.4) is 0 Å². The smallest absolute Gasteiger partial charge is 0.282 e. The fourth-order valence-electron chi connectivity index (χ4n) is 4.73. The number of hydrogen-bond donors (Lipinski definition) is 1. The van der Waals surface area contributed by atoms with Crippen molar-refractivity contribution in [1.29, 1.82) is 0 Å². The molecule has 0 radical (unpaired) electrons. The Morgan fingerprint density at radius 1 is 1.04 bits per heavy atom. The number of carbonyl (C=O) groups excluding carboxylic acids is 1. The van der Waals surface area contributed by atoms with Crippen LogP contribution < -0.4 is 5.32 Å². The van der Waals surface area contributed by atoms with Crippen LogP contribution in [0.25, 0.3) is 0 Å². The van der Waals surface area contributed by atoms with E-state index >= 15 is 0 Å². The first kappa shape index (κ1) is 20.9. The summed E-state index contributed by atoms with van der Waals surface area (Å²) in [6.45, 7) is 9.12. The maximum atomic E-state index is 13.5. The van der Waals surface area contributed by atoms with Crippen molar-refractivity contribution in [3.05, 3.63) is 64.2 Å². The van der Waals surface area contributed by atoms with Crippen molar-refractivity contribution >= 4 is 23.2 Å². The molecule has 0 spiro atoms. The number of amides is 1. The molecule has 1 N–H and O–H groups in total. The molecule has 1 aliphatic heterocycles. The summed E-state index contributed by atoms with van der Waals surface area (Å²) in [4.78, 5) is 13.5. The Morgan fingerprint density at radius 2 is 1.68 bits per heavy atom. The number of benzene rings is 2. The summed E-state index contributed by atoms with van der Waals surface area (Å²) in [7, 11) is 0. The fourth-order valence-corrected chi connectivity index (χ4v) is 4.92. The third-order valence-electron chi connectivity index (χ3n) is 6.23. The van der Waals surface area contributed by atoms with Crippen molar-refractivity contribution < 1.29 is 9.28 Å². The second-order valence-electron chi connectivity index (χ2n) is 8.16. The molecule has 3 nitrogen and oxygen atoms in total. The predicted molar refractivity (Wildman–Crippen MR) is 118 cm³/mol. The molecule has 28 heavy (non-hydrogen) atoms. The first-order valence-corrected chi connectivity index (χ1v) is 10.8. The quantitative estimate of drug-likeness (QED) is 0.604. The summed E-state index contributed by atoms with van der Waals surface area (Å²) in [6.07, 6.45) is 4.40. The summed E-state index contributed by atoms with van der Waals surface area (Å²) in [5, 5.41) is 4.07. The lowest BCUT2D eigenvalue weighted by atomic mass is 9.98. The van der Waals surface area contributed by atoms with Crippen molar-refractivity contribution in [3.8, 4) is 0 Å². The van der Waals surface area contributed by atoms with Crippen molar-refractivity contribution in [3.63, 3.8) is 0 Å². The van der Waals surface area contributed by atoms with Crippen LogP contribution in [-0.4, -0.2) is 29.5 Å². The molecule has 1 aliphatic rings. The molecule has 0 saturated carbocycles. The van der Waals surface area contributed by atoms with E-state index in [1.165, 1.54) is 6.42 Å². The van der Waals surface area contributed by atoms with Gasteiger partial charge in [-0.3, -0.25) is 4.79 Å². The average Bonchev–Trinajstić information content (AvgIpc) is 2.68. The minimum absolute atomic E-state index is 0.0735. The zero-order chi connectivity index (χ0) is 20.1. The number of quaternary nitrogens is 1. The Morgan fingerprint density at radius 3 is 2.29 bits per heavy atom. The summed E-state index contributed by atoms with van der Waals surface area (Å²) < 4.78 is 0.803. The zero-order valence-electron chi connectivity index (χ0n) is 17.3. The van der Waals surface area contributed by atoms with Gasteiger partial charge in [0.25, 0.3) is 5.91 Å². The molecule has 1 unspecified atom stereocenters. The number of para-hydroxylation sites is 1. The summed E-state index contributed by atoms with van der Waals surface area (Å²) in [6, 6.07) is 14.1. The normalized spacial score (nSPS) is 17.1. The summed E-state index contributed by atoms with van der Waals surface area (Å²) in [5.41, 5.74) is 4.32. The molecule has 2 aromatic rings. The van der Waals surface area contributed by atoms with Gasteiger partial charge in [-0.1, -0.05) is 54.9 Å². The van der Waals surface area contributed by atoms with Gasteiger partial charge >= 0.3 is 0 Å². The van der Waals surface area contributed by atoms with Crippen LogP contribution in [0.15, 0.2) is 42.5 Å². The molecule has 0 aromatic heterocycles. The highest BCUT2D eigenvalue weighted by Gasteiger charge is 2.42. The van der Waals surface area contributed by atoms with Crippen LogP contribution >= 0.6 is 11.6 Å². The van der Waals surface area contributed by atoms with Gasteiger partial charge in [-0.05, 0) is 50.3 Å². The van der Waals surface area contributed by atoms with Crippen LogP contribution in [-0.2, 0) is 11.3 Å². The number of likely N-dealkylation sites (tertiary alicyclic amines) is 1. The largest absolute Gasteiger partial charge is 0.320 e. The van der Waals surface area contributed by atoms with E-state index in [-0.39, 0.29) is 11.9 Å². The van der Waals surface area contributed by atoms with Gasteiger partial charge in [0, 0.05) is 22.7 Å². The fraction of sp³-hybridized carbons (Fsp3) is 0.458. The van der Waals surface area contributed by atoms with E-state index in [4.69, 9.17) is 11.6 Å². The molecule has 1 heterocycles. The number of nitrogens with zero attached hydrogens (tertiary/aromatic N) is 1. The van der Waals surface area contributed by atoms with Crippen LogP contribution in [0.4, 0.5) is 5.69 Å². The molecule has 0 aliphatic carbocycles. The maximum absolute atomic E-state index is 13.5. The Balaban J connectivity index is 1.91. The third kappa shape index (κ3) is 4.42. The Labute approximate surface area is 174 Å². The van der Waals surface area contributed by atoms with E-state index in [0.717, 1.165) is 70.8 Å². The lowest BCUT2D eigenvalue weighted by Gasteiger charge is -2.46. The van der Waals surface area contributed by atoms with Gasteiger partial charge in [-0.25, -0.2) is 0 Å². The minimum atomic E-state index is -0.0735. The number of aryl methyl sites for hydroxylation is 2. The van der Waals surface area contributed by atoms with E-state index < -0.39 is 0 Å². The Kier molecular flexibility index (Phi) is 6.79. The third-order valence-corrected chi connectivity index (χ3v) is 6.60. The second-order valence-corrected chi connectivity index (χ2v) is 8.56. The molecule has 1 atom stereocenters. The number of hydrogen-bond acceptors (Lipinski definition) is 1. The van der Waals surface area contributed by atoms with Crippen molar-refractivity contribution in [2.24, 2.45) is 0 Å². The van der Waals surface area contributed by atoms with Crippen molar-refractivity contribution in [1.82, 2.24) is 0 Å². The molecular formula is C24H32ClN2O+. The molecule has 150 valence electrons. The predicted octanol–water partition coefficient (Wildman–Crippen LogP) is 5.87. The molecule has 1 fully saturated rings. The number of anilines is 1. The topological polar surface area (TPSA) is 29.1 Å². The standard InChI is InChI=1S/C24H31ClN2O/c1-4-22(24(28)26-23-18(2)11-10-12-19(23)3)27(15-8-5-9-16-27)17-20-13-6-7-14-21(20)25/h6-7,10-14,22H,4-5,8-9,15-17H2,1-3H3/p+1. The van der Waals surface area contributed by atoms with Gasteiger partial charge in [0.15, 0.2) is 6.04 Å². The van der Waals surface area contributed by atoms with E-state index in [0.29, 0.717) is 0 Å². The van der Waals surface area contributed by atoms with Crippen LogP contribution in [0.5, 0.6) is 0 Å². The van der Waals surface area contributed by atoms with E-state index in [1.807, 2.05) is 24.3 Å². The lowest BCUT2D eigenvalue weighted by Crippen LogP contribution is -2.61. The summed E-state index contributed by atoms with van der Waals surface area (Å²) >= 11 is 6.49. The molecule has 0 bridgehead atoms. The number of halogens is 1. The molecule has 2 aromatic carbocycles. The highest BCUT2D eigenvalue weighted by molar-refractivity contribution is 6.31. The minimum Gasteiger partial charge on any atom is -0.320 e. The van der Waals surface area contributed by atoms with Gasteiger partial charge in [0.05, 0.1) is 13.1 Å². The van der Waals surface area contributed by atoms with E-state index in [9.17, 15) is 4.79 Å². The second kappa shape index (κ2) is 9.11. The number of nitrogens with one attached hydrogen (secondary N) is 1. The Hall–Kier alpha value is -1.84. The average molecular weight is 400 g/mol.